The summed E-state index contributed by atoms with van der Waals surface area (Å²) in [6.45, 7) is 0.243. The molecular formula is C11H22N2O2. The van der Waals surface area contributed by atoms with Gasteiger partial charge in [0.15, 0.2) is 6.79 Å². The van der Waals surface area contributed by atoms with Gasteiger partial charge in [-0.1, -0.05) is 0 Å². The Morgan fingerprint density at radius 3 is 1.40 bits per heavy atom. The molecule has 4 heteroatoms. The van der Waals surface area contributed by atoms with Crippen molar-refractivity contribution in [3.8, 4) is 0 Å². The van der Waals surface area contributed by atoms with Crippen LogP contribution in [-0.4, -0.2) is 18.2 Å². The second-order valence-corrected chi connectivity index (χ2v) is 4.95. The fraction of sp³-hybridized carbons (Fsp3) is 1.00. The van der Waals surface area contributed by atoms with Crippen molar-refractivity contribution < 1.29 is 9.47 Å². The molecule has 2 fully saturated rings. The molecule has 0 spiro atoms. The van der Waals surface area contributed by atoms with Crippen LogP contribution in [0.5, 0.6) is 0 Å². The Balaban J connectivity index is 1.69. The van der Waals surface area contributed by atoms with E-state index in [1.165, 1.54) is 0 Å². The highest BCUT2D eigenvalue weighted by atomic mass is 16.7. The average Bonchev–Trinajstić information content (AvgIpc) is 2.76. The van der Waals surface area contributed by atoms with E-state index in [0.717, 1.165) is 51.4 Å². The Kier molecular flexibility index (Phi) is 3.30. The fourth-order valence-corrected chi connectivity index (χ4v) is 2.50. The minimum atomic E-state index is -0.449. The lowest BCUT2D eigenvalue weighted by Gasteiger charge is -2.28. The van der Waals surface area contributed by atoms with Gasteiger partial charge in [0, 0.05) is 0 Å². The van der Waals surface area contributed by atoms with Gasteiger partial charge in [0.05, 0.1) is 0 Å². The van der Waals surface area contributed by atoms with Crippen LogP contribution in [0.15, 0.2) is 0 Å². The van der Waals surface area contributed by atoms with E-state index in [1.807, 2.05) is 0 Å². The molecule has 4 nitrogen and oxygen atoms in total. The summed E-state index contributed by atoms with van der Waals surface area (Å²) in [6, 6.07) is 0. The van der Waals surface area contributed by atoms with Gasteiger partial charge in [-0.3, -0.25) is 0 Å². The Morgan fingerprint density at radius 1 is 0.733 bits per heavy atom. The largest absolute Gasteiger partial charge is 0.335 e. The highest BCUT2D eigenvalue weighted by Crippen LogP contribution is 2.31. The quantitative estimate of drug-likeness (QED) is 0.695. The van der Waals surface area contributed by atoms with E-state index in [1.54, 1.807) is 0 Å². The van der Waals surface area contributed by atoms with Gasteiger partial charge in [-0.05, 0) is 51.4 Å². The molecule has 0 heterocycles. The van der Waals surface area contributed by atoms with E-state index in [9.17, 15) is 0 Å². The van der Waals surface area contributed by atoms with E-state index in [2.05, 4.69) is 0 Å². The number of rotatable bonds is 4. The number of ether oxygens (including phenoxy) is 2. The summed E-state index contributed by atoms with van der Waals surface area (Å²) >= 11 is 0. The van der Waals surface area contributed by atoms with Crippen molar-refractivity contribution in [1.82, 2.24) is 0 Å². The molecule has 0 bridgehead atoms. The van der Waals surface area contributed by atoms with Crippen molar-refractivity contribution in [2.24, 2.45) is 11.5 Å². The summed E-state index contributed by atoms with van der Waals surface area (Å²) in [5.41, 5.74) is 11.2. The van der Waals surface area contributed by atoms with Crippen molar-refractivity contribution >= 4 is 0 Å². The second kappa shape index (κ2) is 4.37. The van der Waals surface area contributed by atoms with Crippen LogP contribution in [0.1, 0.15) is 51.4 Å². The van der Waals surface area contributed by atoms with Crippen molar-refractivity contribution in [3.05, 3.63) is 0 Å². The molecule has 0 unspecified atom stereocenters. The van der Waals surface area contributed by atoms with Gasteiger partial charge in [0.25, 0.3) is 0 Å². The van der Waals surface area contributed by atoms with Gasteiger partial charge in [-0.15, -0.1) is 0 Å². The van der Waals surface area contributed by atoms with Crippen LogP contribution in [0.4, 0.5) is 0 Å². The minimum absolute atomic E-state index is 0.243. The maximum atomic E-state index is 6.04. The predicted molar refractivity (Wildman–Crippen MR) is 57.8 cm³/mol. The minimum Gasteiger partial charge on any atom is -0.335 e. The monoisotopic (exact) mass is 214 g/mol. The van der Waals surface area contributed by atoms with Crippen LogP contribution in [-0.2, 0) is 9.47 Å². The Labute approximate surface area is 91.3 Å². The first kappa shape index (κ1) is 11.3. The summed E-state index contributed by atoms with van der Waals surface area (Å²) in [5, 5.41) is 0. The molecule has 0 radical (unpaired) electrons. The van der Waals surface area contributed by atoms with E-state index >= 15 is 0 Å². The van der Waals surface area contributed by atoms with Crippen molar-refractivity contribution in [1.29, 1.82) is 0 Å². The third-order valence-electron chi connectivity index (χ3n) is 3.59. The number of hydrogen-bond acceptors (Lipinski definition) is 4. The van der Waals surface area contributed by atoms with Gasteiger partial charge < -0.3 is 20.9 Å². The predicted octanol–water partition coefficient (Wildman–Crippen LogP) is 1.44. The van der Waals surface area contributed by atoms with Crippen LogP contribution in [0, 0.1) is 0 Å². The van der Waals surface area contributed by atoms with Crippen molar-refractivity contribution in [3.63, 3.8) is 0 Å². The third kappa shape index (κ3) is 2.91. The molecule has 2 rings (SSSR count). The van der Waals surface area contributed by atoms with E-state index in [4.69, 9.17) is 20.9 Å². The summed E-state index contributed by atoms with van der Waals surface area (Å²) < 4.78 is 11.2. The molecule has 2 aliphatic carbocycles. The van der Waals surface area contributed by atoms with Gasteiger partial charge in [-0.2, -0.15) is 0 Å². The van der Waals surface area contributed by atoms with E-state index in [0.29, 0.717) is 0 Å². The lowest BCUT2D eigenvalue weighted by molar-refractivity contribution is -0.187. The third-order valence-corrected chi connectivity index (χ3v) is 3.59. The maximum Gasteiger partial charge on any atom is 0.151 e. The SMILES string of the molecule is NC1(OCOC2(N)CCCC2)CCCC1. The number of hydrogen-bond donors (Lipinski definition) is 2. The molecule has 0 aromatic rings. The molecule has 15 heavy (non-hydrogen) atoms. The molecule has 0 aromatic heterocycles. The normalized spacial score (nSPS) is 28.4. The van der Waals surface area contributed by atoms with E-state index < -0.39 is 11.4 Å². The Hall–Kier alpha value is -0.160. The van der Waals surface area contributed by atoms with Gasteiger partial charge in [0.2, 0.25) is 0 Å². The molecule has 0 saturated heterocycles. The molecule has 2 saturated carbocycles. The molecule has 88 valence electrons. The molecule has 0 aliphatic heterocycles. The van der Waals surface area contributed by atoms with Crippen LogP contribution < -0.4 is 11.5 Å². The zero-order valence-corrected chi connectivity index (χ0v) is 9.34. The topological polar surface area (TPSA) is 70.5 Å². The average molecular weight is 214 g/mol. The Bertz CT molecular complexity index is 187. The summed E-state index contributed by atoms with van der Waals surface area (Å²) in [5.74, 6) is 0. The summed E-state index contributed by atoms with van der Waals surface area (Å²) in [4.78, 5) is 0. The van der Waals surface area contributed by atoms with Crippen LogP contribution in [0.25, 0.3) is 0 Å². The highest BCUT2D eigenvalue weighted by molar-refractivity contribution is 4.81. The standard InChI is InChI=1S/C11H22N2O2/c12-10(5-1-2-6-10)14-9-15-11(13)7-3-4-8-11/h1-9,12-13H2. The zero-order valence-electron chi connectivity index (χ0n) is 9.34. The lowest BCUT2D eigenvalue weighted by Crippen LogP contribution is -2.44. The van der Waals surface area contributed by atoms with Crippen molar-refractivity contribution in [2.45, 2.75) is 62.8 Å². The highest BCUT2D eigenvalue weighted by Gasteiger charge is 2.33. The zero-order chi connectivity index (χ0) is 10.8. The molecule has 2 aliphatic rings. The van der Waals surface area contributed by atoms with Crippen molar-refractivity contribution in [2.75, 3.05) is 6.79 Å². The van der Waals surface area contributed by atoms with Crippen LogP contribution in [0.3, 0.4) is 0 Å². The smallest absolute Gasteiger partial charge is 0.151 e. The van der Waals surface area contributed by atoms with Crippen LogP contribution in [0.2, 0.25) is 0 Å². The first-order chi connectivity index (χ1) is 7.12. The molecule has 0 aromatic carbocycles. The van der Waals surface area contributed by atoms with Gasteiger partial charge in [0.1, 0.15) is 11.4 Å². The first-order valence-corrected chi connectivity index (χ1v) is 5.98. The van der Waals surface area contributed by atoms with Crippen LogP contribution >= 0.6 is 0 Å². The molecule has 0 atom stereocenters. The van der Waals surface area contributed by atoms with Gasteiger partial charge >= 0.3 is 0 Å². The first-order valence-electron chi connectivity index (χ1n) is 5.98. The summed E-state index contributed by atoms with van der Waals surface area (Å²) in [7, 11) is 0. The Morgan fingerprint density at radius 2 is 1.07 bits per heavy atom. The lowest BCUT2D eigenvalue weighted by atomic mass is 10.2. The van der Waals surface area contributed by atoms with E-state index in [-0.39, 0.29) is 6.79 Å². The summed E-state index contributed by atoms with van der Waals surface area (Å²) in [6.07, 6.45) is 8.38. The van der Waals surface area contributed by atoms with Gasteiger partial charge in [-0.25, -0.2) is 0 Å². The molecule has 0 amide bonds. The number of nitrogens with two attached hydrogens (primary N) is 2. The fourth-order valence-electron chi connectivity index (χ4n) is 2.50. The second-order valence-electron chi connectivity index (χ2n) is 4.95. The molecule has 4 N–H and O–H groups in total. The maximum absolute atomic E-state index is 6.04. The molecular weight excluding hydrogens is 192 g/mol.